The Kier molecular flexibility index (Phi) is 8.07. The van der Waals surface area contributed by atoms with Crippen molar-refractivity contribution in [2.75, 3.05) is 0 Å². The molecule has 43 heavy (non-hydrogen) atoms. The minimum absolute atomic E-state index is 0.851. The van der Waals surface area contributed by atoms with Crippen LogP contribution in [-0.2, 0) is 4.12 Å². The van der Waals surface area contributed by atoms with Crippen molar-refractivity contribution in [2.45, 2.75) is 65.7 Å². The van der Waals surface area contributed by atoms with Gasteiger partial charge in [-0.3, -0.25) is 0 Å². The van der Waals surface area contributed by atoms with Crippen molar-refractivity contribution >= 4 is 60.2 Å². The highest BCUT2D eigenvalue weighted by Gasteiger charge is 2.48. The van der Waals surface area contributed by atoms with Crippen molar-refractivity contribution in [1.29, 1.82) is 0 Å². The van der Waals surface area contributed by atoms with Crippen molar-refractivity contribution in [1.82, 2.24) is 0 Å². The average molecular weight is 603 g/mol. The Morgan fingerprint density at radius 3 is 1.14 bits per heavy atom. The standard InChI is InChI=1S/C38H42O3Si2/c1-7-42(8-2,39-37-27(5)19-21-33-23-29-15-11-13-17-31(29)25-35(33)37)41-43(9-3,10-4)40-38-28(6)20-22-34-24-30-16-12-14-18-32(30)26-36(34)38/h11-26H,7-10H2,1-6H3. The molecule has 6 rings (SSSR count). The third kappa shape index (κ3) is 5.46. The lowest BCUT2D eigenvalue weighted by Gasteiger charge is -2.40. The van der Waals surface area contributed by atoms with Gasteiger partial charge in [0.25, 0.3) is 0 Å². The Labute approximate surface area is 257 Å². The minimum atomic E-state index is -2.72. The van der Waals surface area contributed by atoms with Gasteiger partial charge in [0.05, 0.1) is 0 Å². The van der Waals surface area contributed by atoms with Crippen LogP contribution in [0.1, 0.15) is 38.8 Å². The lowest BCUT2D eigenvalue weighted by Crippen LogP contribution is -2.57. The summed E-state index contributed by atoms with van der Waals surface area (Å²) in [5.41, 5.74) is 2.28. The highest BCUT2D eigenvalue weighted by Crippen LogP contribution is 2.40. The van der Waals surface area contributed by atoms with Gasteiger partial charge >= 0.3 is 17.1 Å². The van der Waals surface area contributed by atoms with Gasteiger partial charge in [-0.2, -0.15) is 0 Å². The molecule has 0 saturated heterocycles. The van der Waals surface area contributed by atoms with Crippen LogP contribution in [0.2, 0.25) is 24.2 Å². The maximum Gasteiger partial charge on any atom is 0.390 e. The Bertz CT molecular complexity index is 1800. The highest BCUT2D eigenvalue weighted by molar-refractivity contribution is 6.82. The van der Waals surface area contributed by atoms with Crippen molar-refractivity contribution in [3.8, 4) is 11.5 Å². The quantitative estimate of drug-likeness (QED) is 0.115. The molecule has 0 fully saturated rings. The summed E-state index contributed by atoms with van der Waals surface area (Å²) < 4.78 is 21.9. The zero-order chi connectivity index (χ0) is 30.2. The van der Waals surface area contributed by atoms with Crippen molar-refractivity contribution in [2.24, 2.45) is 0 Å². The molecule has 0 spiro atoms. The normalized spacial score (nSPS) is 12.4. The molecule has 0 radical (unpaired) electrons. The molecule has 0 atom stereocenters. The van der Waals surface area contributed by atoms with Crippen LogP contribution in [-0.4, -0.2) is 17.1 Å². The second-order valence-corrected chi connectivity index (χ2v) is 19.5. The monoisotopic (exact) mass is 602 g/mol. The van der Waals surface area contributed by atoms with Crippen LogP contribution in [0.3, 0.4) is 0 Å². The first-order valence-corrected chi connectivity index (χ1v) is 20.2. The fraction of sp³-hybridized carbons (Fsp3) is 0.263. The van der Waals surface area contributed by atoms with Gasteiger partial charge in [-0.25, -0.2) is 0 Å². The Morgan fingerprint density at radius 1 is 0.442 bits per heavy atom. The minimum Gasteiger partial charge on any atom is -0.520 e. The van der Waals surface area contributed by atoms with E-state index in [1.807, 2.05) is 0 Å². The summed E-state index contributed by atoms with van der Waals surface area (Å²) in [5.74, 6) is 1.92. The smallest absolute Gasteiger partial charge is 0.390 e. The molecule has 6 aromatic rings. The van der Waals surface area contributed by atoms with Crippen LogP contribution in [0.4, 0.5) is 0 Å². The van der Waals surface area contributed by atoms with Crippen molar-refractivity contribution in [3.63, 3.8) is 0 Å². The molecule has 0 aliphatic heterocycles. The van der Waals surface area contributed by atoms with Crippen LogP contribution in [0, 0.1) is 13.8 Å². The molecular weight excluding hydrogens is 561 g/mol. The largest absolute Gasteiger partial charge is 0.520 e. The van der Waals surface area contributed by atoms with Gasteiger partial charge < -0.3 is 13.0 Å². The fourth-order valence-electron chi connectivity index (χ4n) is 6.29. The molecule has 0 aromatic heterocycles. The molecule has 0 aliphatic carbocycles. The first-order chi connectivity index (χ1) is 20.8. The molecule has 0 bridgehead atoms. The summed E-state index contributed by atoms with van der Waals surface area (Å²) in [5, 5.41) is 9.62. The summed E-state index contributed by atoms with van der Waals surface area (Å²) in [6.07, 6.45) is 0. The van der Waals surface area contributed by atoms with Gasteiger partial charge in [0, 0.05) is 10.8 Å². The SMILES string of the molecule is CC[Si](CC)(Oc1c(C)ccc2cc3ccccc3cc12)O[Si](CC)(CC)Oc1c(C)ccc2cc3ccccc3cc12. The first-order valence-electron chi connectivity index (χ1n) is 15.8. The second kappa shape index (κ2) is 11.8. The third-order valence-corrected chi connectivity index (χ3v) is 17.6. The molecular formula is C38H42O3Si2. The summed E-state index contributed by atoms with van der Waals surface area (Å²) in [4.78, 5) is 0. The molecule has 0 amide bonds. The number of fused-ring (bicyclic) bond motifs is 4. The van der Waals surface area contributed by atoms with Crippen LogP contribution >= 0.6 is 0 Å². The van der Waals surface area contributed by atoms with E-state index in [-0.39, 0.29) is 0 Å². The summed E-state index contributed by atoms with van der Waals surface area (Å²) >= 11 is 0. The van der Waals surface area contributed by atoms with Crippen LogP contribution in [0.5, 0.6) is 11.5 Å². The molecule has 220 valence electrons. The number of hydrogen-bond donors (Lipinski definition) is 0. The van der Waals surface area contributed by atoms with Gasteiger partial charge in [0.15, 0.2) is 0 Å². The predicted molar refractivity (Wildman–Crippen MR) is 188 cm³/mol. The molecule has 6 aromatic carbocycles. The Morgan fingerprint density at radius 2 is 0.791 bits per heavy atom. The maximum atomic E-state index is 7.45. The molecule has 0 N–H and O–H groups in total. The van der Waals surface area contributed by atoms with E-state index in [1.165, 1.54) is 32.3 Å². The lowest BCUT2D eigenvalue weighted by molar-refractivity contribution is 0.312. The summed E-state index contributed by atoms with van der Waals surface area (Å²) in [6.45, 7) is 13.2. The second-order valence-electron chi connectivity index (χ2n) is 11.8. The van der Waals surface area contributed by atoms with Gasteiger partial charge in [0.1, 0.15) is 11.5 Å². The number of aryl methyl sites for hydroxylation is 2. The topological polar surface area (TPSA) is 27.7 Å². The van der Waals surface area contributed by atoms with Gasteiger partial charge in [-0.05, 0) is 106 Å². The Balaban J connectivity index is 1.42. The van der Waals surface area contributed by atoms with E-state index < -0.39 is 17.1 Å². The summed E-state index contributed by atoms with van der Waals surface area (Å²) in [7, 11) is -5.45. The van der Waals surface area contributed by atoms with E-state index in [4.69, 9.17) is 13.0 Å². The van der Waals surface area contributed by atoms with Gasteiger partial charge in [0.2, 0.25) is 0 Å². The van der Waals surface area contributed by atoms with Crippen LogP contribution in [0.25, 0.3) is 43.1 Å². The number of rotatable bonds is 10. The van der Waals surface area contributed by atoms with Crippen LogP contribution < -0.4 is 8.85 Å². The van der Waals surface area contributed by atoms with Crippen molar-refractivity contribution < 1.29 is 13.0 Å². The van der Waals surface area contributed by atoms with E-state index in [1.54, 1.807) is 0 Å². The zero-order valence-electron chi connectivity index (χ0n) is 26.3. The van der Waals surface area contributed by atoms with Crippen LogP contribution in [0.15, 0.2) is 97.1 Å². The zero-order valence-corrected chi connectivity index (χ0v) is 28.3. The summed E-state index contributed by atoms with van der Waals surface area (Å²) in [6, 6.07) is 38.4. The highest BCUT2D eigenvalue weighted by atomic mass is 28.5. The van der Waals surface area contributed by atoms with Gasteiger partial charge in [-0.15, -0.1) is 0 Å². The molecule has 0 unspecified atom stereocenters. The van der Waals surface area contributed by atoms with E-state index in [2.05, 4.69) is 139 Å². The fourth-order valence-corrected chi connectivity index (χ4v) is 14.5. The Hall–Kier alpha value is -3.65. The van der Waals surface area contributed by atoms with Crippen molar-refractivity contribution in [3.05, 3.63) is 108 Å². The third-order valence-electron chi connectivity index (χ3n) is 9.17. The van der Waals surface area contributed by atoms with E-state index >= 15 is 0 Å². The van der Waals surface area contributed by atoms with E-state index in [0.717, 1.165) is 57.6 Å². The van der Waals surface area contributed by atoms with Gasteiger partial charge in [-0.1, -0.05) is 100 Å². The van der Waals surface area contributed by atoms with E-state index in [0.29, 0.717) is 0 Å². The predicted octanol–water partition coefficient (Wildman–Crippen LogP) is 11.4. The lowest BCUT2D eigenvalue weighted by atomic mass is 10.0. The number of benzene rings is 6. The number of hydrogen-bond acceptors (Lipinski definition) is 3. The average Bonchev–Trinajstić information content (AvgIpc) is 3.05. The molecule has 5 heteroatoms. The molecule has 0 aliphatic rings. The maximum absolute atomic E-state index is 7.45. The van der Waals surface area contributed by atoms with E-state index in [9.17, 15) is 0 Å². The first kappa shape index (κ1) is 29.4. The molecule has 0 saturated carbocycles. The molecule has 3 nitrogen and oxygen atoms in total. The molecule has 0 heterocycles.